The molecule has 80 valence electrons. The number of aromatic nitrogens is 3. The summed E-state index contributed by atoms with van der Waals surface area (Å²) >= 11 is 1.40. The van der Waals surface area contributed by atoms with Crippen LogP contribution >= 0.6 is 11.8 Å². The molecule has 1 atom stereocenters. The van der Waals surface area contributed by atoms with Gasteiger partial charge in [-0.3, -0.25) is 4.57 Å². The molecular weight excluding hydrogens is 220 g/mol. The normalized spacial score (nSPS) is 12.0. The van der Waals surface area contributed by atoms with Crippen molar-refractivity contribution in [3.05, 3.63) is 36.7 Å². The highest BCUT2D eigenvalue weighted by molar-refractivity contribution is 8.00. The van der Waals surface area contributed by atoms with Gasteiger partial charge in [-0.15, -0.1) is 10.2 Å². The van der Waals surface area contributed by atoms with Crippen LogP contribution in [0.4, 0.5) is 0 Å². The van der Waals surface area contributed by atoms with Crippen LogP contribution < -0.4 is 0 Å². The summed E-state index contributed by atoms with van der Waals surface area (Å²) < 4.78 is 1.87. The molecule has 2 rings (SSSR count). The van der Waals surface area contributed by atoms with E-state index in [1.54, 1.807) is 6.33 Å². The molecule has 0 aliphatic heterocycles. The van der Waals surface area contributed by atoms with Crippen LogP contribution in [0.5, 0.6) is 0 Å². The Balaban J connectivity index is 2.30. The Morgan fingerprint density at radius 3 is 2.81 bits per heavy atom. The summed E-state index contributed by atoms with van der Waals surface area (Å²) in [4.78, 5) is 0. The minimum atomic E-state index is -0.133. The molecule has 16 heavy (non-hydrogen) atoms. The molecule has 0 fully saturated rings. The van der Waals surface area contributed by atoms with Crippen LogP contribution in [0, 0.1) is 11.3 Å². The number of hydrogen-bond donors (Lipinski definition) is 0. The molecule has 1 aromatic heterocycles. The predicted octanol–water partition coefficient (Wildman–Crippen LogP) is 2.27. The van der Waals surface area contributed by atoms with E-state index in [9.17, 15) is 0 Å². The fourth-order valence-corrected chi connectivity index (χ4v) is 1.98. The van der Waals surface area contributed by atoms with Crippen LogP contribution in [-0.2, 0) is 0 Å². The lowest BCUT2D eigenvalue weighted by atomic mass is 10.3. The summed E-state index contributed by atoms with van der Waals surface area (Å²) in [7, 11) is 0. The third-order valence-corrected chi connectivity index (χ3v) is 2.96. The maximum atomic E-state index is 8.77. The average molecular weight is 230 g/mol. The first-order valence-corrected chi connectivity index (χ1v) is 5.71. The quantitative estimate of drug-likeness (QED) is 0.759. The first kappa shape index (κ1) is 10.7. The van der Waals surface area contributed by atoms with E-state index in [1.165, 1.54) is 11.8 Å². The predicted molar refractivity (Wildman–Crippen MR) is 62.3 cm³/mol. The van der Waals surface area contributed by atoms with Gasteiger partial charge in [0.1, 0.15) is 6.33 Å². The molecule has 0 bridgehead atoms. The molecule has 0 saturated carbocycles. The topological polar surface area (TPSA) is 54.5 Å². The first-order valence-electron chi connectivity index (χ1n) is 4.83. The van der Waals surface area contributed by atoms with Crippen LogP contribution in [0.2, 0.25) is 0 Å². The molecule has 0 saturated heterocycles. The molecule has 0 aliphatic carbocycles. The SMILES string of the molecule is CC(C#N)Sc1nncn1-c1ccccc1. The summed E-state index contributed by atoms with van der Waals surface area (Å²) in [5, 5.41) is 17.2. The Morgan fingerprint density at radius 1 is 1.38 bits per heavy atom. The standard InChI is InChI=1S/C11H10N4S/c1-9(7-12)16-11-14-13-8-15(11)10-5-3-2-4-6-10/h2-6,8-9H,1H3. The summed E-state index contributed by atoms with van der Waals surface area (Å²) in [6.45, 7) is 1.84. The van der Waals surface area contributed by atoms with Crippen LogP contribution in [0.15, 0.2) is 41.8 Å². The van der Waals surface area contributed by atoms with E-state index in [0.717, 1.165) is 10.8 Å². The van der Waals surface area contributed by atoms with Crippen molar-refractivity contribution in [2.24, 2.45) is 0 Å². The Labute approximate surface area is 97.9 Å². The molecule has 2 aromatic rings. The highest BCUT2D eigenvalue weighted by Gasteiger charge is 2.10. The van der Waals surface area contributed by atoms with E-state index < -0.39 is 0 Å². The molecule has 1 heterocycles. The fourth-order valence-electron chi connectivity index (χ4n) is 1.25. The third-order valence-electron chi connectivity index (χ3n) is 2.01. The highest BCUT2D eigenvalue weighted by Crippen LogP contribution is 2.22. The zero-order chi connectivity index (χ0) is 11.4. The molecular formula is C11H10N4S. The number of para-hydroxylation sites is 1. The van der Waals surface area contributed by atoms with Crippen molar-refractivity contribution in [1.29, 1.82) is 5.26 Å². The van der Waals surface area contributed by atoms with Crippen molar-refractivity contribution >= 4 is 11.8 Å². The average Bonchev–Trinajstić information content (AvgIpc) is 2.78. The second-order valence-electron chi connectivity index (χ2n) is 3.21. The van der Waals surface area contributed by atoms with Crippen molar-refractivity contribution < 1.29 is 0 Å². The van der Waals surface area contributed by atoms with Gasteiger partial charge in [0.25, 0.3) is 0 Å². The number of nitrogens with zero attached hydrogens (tertiary/aromatic N) is 4. The van der Waals surface area contributed by atoms with Crippen LogP contribution in [0.1, 0.15) is 6.92 Å². The number of benzene rings is 1. The molecule has 1 aromatic carbocycles. The van der Waals surface area contributed by atoms with Crippen molar-refractivity contribution in [1.82, 2.24) is 14.8 Å². The second-order valence-corrected chi connectivity index (χ2v) is 4.52. The van der Waals surface area contributed by atoms with E-state index in [2.05, 4.69) is 16.3 Å². The van der Waals surface area contributed by atoms with E-state index in [1.807, 2.05) is 41.8 Å². The molecule has 0 amide bonds. The summed E-state index contributed by atoms with van der Waals surface area (Å²) in [5.41, 5.74) is 1.00. The highest BCUT2D eigenvalue weighted by atomic mass is 32.2. The lowest BCUT2D eigenvalue weighted by Gasteiger charge is -2.06. The van der Waals surface area contributed by atoms with Gasteiger partial charge < -0.3 is 0 Å². The molecule has 0 aliphatic rings. The van der Waals surface area contributed by atoms with Gasteiger partial charge >= 0.3 is 0 Å². The minimum Gasteiger partial charge on any atom is -0.277 e. The van der Waals surface area contributed by atoms with E-state index in [0.29, 0.717) is 0 Å². The Hall–Kier alpha value is -1.80. The van der Waals surface area contributed by atoms with Gasteiger partial charge in [0.15, 0.2) is 5.16 Å². The smallest absolute Gasteiger partial charge is 0.196 e. The maximum Gasteiger partial charge on any atom is 0.196 e. The molecule has 4 nitrogen and oxygen atoms in total. The first-order chi connectivity index (χ1) is 7.81. The van der Waals surface area contributed by atoms with E-state index >= 15 is 0 Å². The Morgan fingerprint density at radius 2 is 2.12 bits per heavy atom. The van der Waals surface area contributed by atoms with Gasteiger partial charge in [0.2, 0.25) is 0 Å². The fraction of sp³-hybridized carbons (Fsp3) is 0.182. The molecule has 0 spiro atoms. The molecule has 0 N–H and O–H groups in total. The number of hydrogen-bond acceptors (Lipinski definition) is 4. The number of thioether (sulfide) groups is 1. The summed E-state index contributed by atoms with van der Waals surface area (Å²) in [5.74, 6) is 0. The Kier molecular flexibility index (Phi) is 3.22. The second kappa shape index (κ2) is 4.81. The van der Waals surface area contributed by atoms with Gasteiger partial charge in [-0.1, -0.05) is 30.0 Å². The molecule has 5 heteroatoms. The van der Waals surface area contributed by atoms with Crippen LogP contribution in [0.25, 0.3) is 5.69 Å². The van der Waals surface area contributed by atoms with Crippen molar-refractivity contribution in [3.8, 4) is 11.8 Å². The Bertz CT molecular complexity index is 500. The zero-order valence-corrected chi connectivity index (χ0v) is 9.56. The molecule has 0 radical (unpaired) electrons. The van der Waals surface area contributed by atoms with Gasteiger partial charge in [0.05, 0.1) is 11.3 Å². The monoisotopic (exact) mass is 230 g/mol. The van der Waals surface area contributed by atoms with Gasteiger partial charge in [-0.05, 0) is 19.1 Å². The number of nitriles is 1. The van der Waals surface area contributed by atoms with Crippen LogP contribution in [0.3, 0.4) is 0 Å². The number of rotatable bonds is 3. The minimum absolute atomic E-state index is 0.133. The largest absolute Gasteiger partial charge is 0.277 e. The summed E-state index contributed by atoms with van der Waals surface area (Å²) in [6.07, 6.45) is 1.65. The van der Waals surface area contributed by atoms with Gasteiger partial charge in [-0.25, -0.2) is 0 Å². The molecule has 1 unspecified atom stereocenters. The summed E-state index contributed by atoms with van der Waals surface area (Å²) in [6, 6.07) is 12.0. The van der Waals surface area contributed by atoms with Crippen molar-refractivity contribution in [3.63, 3.8) is 0 Å². The maximum absolute atomic E-state index is 8.77. The van der Waals surface area contributed by atoms with Crippen molar-refractivity contribution in [2.45, 2.75) is 17.3 Å². The van der Waals surface area contributed by atoms with E-state index in [4.69, 9.17) is 5.26 Å². The lowest BCUT2D eigenvalue weighted by molar-refractivity contribution is 0.881. The van der Waals surface area contributed by atoms with E-state index in [-0.39, 0.29) is 5.25 Å². The van der Waals surface area contributed by atoms with Crippen molar-refractivity contribution in [2.75, 3.05) is 0 Å². The van der Waals surface area contributed by atoms with Crippen LogP contribution in [-0.4, -0.2) is 20.0 Å². The lowest BCUT2D eigenvalue weighted by Crippen LogP contribution is -1.98. The zero-order valence-electron chi connectivity index (χ0n) is 8.74. The van der Waals surface area contributed by atoms with Gasteiger partial charge in [0, 0.05) is 5.69 Å². The van der Waals surface area contributed by atoms with Gasteiger partial charge in [-0.2, -0.15) is 5.26 Å². The third kappa shape index (κ3) is 2.23.